The summed E-state index contributed by atoms with van der Waals surface area (Å²) < 4.78 is 63.7. The first-order chi connectivity index (χ1) is 12.0. The quantitative estimate of drug-likeness (QED) is 0.434. The first-order valence-electron chi connectivity index (χ1n) is 6.50. The lowest BCUT2D eigenvalue weighted by Crippen LogP contribution is -2.02. The van der Waals surface area contributed by atoms with Crippen molar-refractivity contribution in [3.63, 3.8) is 0 Å². The number of rotatable bonds is 4. The number of benzene rings is 2. The van der Waals surface area contributed by atoms with Crippen molar-refractivity contribution in [2.75, 3.05) is 5.32 Å². The summed E-state index contributed by atoms with van der Waals surface area (Å²) in [6.07, 6.45) is 0.929. The smallest absolute Gasteiger partial charge is 0.294 e. The van der Waals surface area contributed by atoms with E-state index in [1.54, 1.807) is 12.1 Å². The van der Waals surface area contributed by atoms with Crippen LogP contribution in [0, 0.1) is 22.7 Å². The van der Waals surface area contributed by atoms with Crippen molar-refractivity contribution in [1.29, 1.82) is 10.5 Å². The molecule has 10 nitrogen and oxygen atoms in total. The molecule has 2 aromatic rings. The SMILES string of the molecule is N#CC(C#N)=CNc1cc(S(=O)(=O)O)cc2cc(S(=O)(=O)O)cc(O)c12. The number of aromatic hydroxyl groups is 1. The minimum absolute atomic E-state index is 0.0729. The standard InChI is InChI=1S/C14H9N3O7S2/c15-5-8(6-16)7-17-12-3-10(25(19,20)21)1-9-2-11(26(22,23)24)4-13(18)14(9)12/h1-4,7,17-18H,(H,19,20,21)(H,22,23,24). The van der Waals surface area contributed by atoms with Crippen LogP contribution < -0.4 is 5.32 Å². The molecule has 2 rings (SSSR count). The number of nitrogens with one attached hydrogen (secondary N) is 1. The fraction of sp³-hybridized carbons (Fsp3) is 0. The van der Waals surface area contributed by atoms with Crippen molar-refractivity contribution < 1.29 is 31.0 Å². The number of nitriles is 2. The molecule has 26 heavy (non-hydrogen) atoms. The molecule has 0 atom stereocenters. The van der Waals surface area contributed by atoms with Gasteiger partial charge in [0, 0.05) is 17.7 Å². The highest BCUT2D eigenvalue weighted by Crippen LogP contribution is 2.36. The topological polar surface area (TPSA) is 189 Å². The van der Waals surface area contributed by atoms with Gasteiger partial charge in [-0.15, -0.1) is 0 Å². The van der Waals surface area contributed by atoms with E-state index in [1.165, 1.54) is 0 Å². The first kappa shape index (κ1) is 19.2. The number of nitrogens with zero attached hydrogens (tertiary/aromatic N) is 2. The van der Waals surface area contributed by atoms with Crippen molar-refractivity contribution in [2.45, 2.75) is 9.79 Å². The summed E-state index contributed by atoms with van der Waals surface area (Å²) in [5.74, 6) is -0.636. The maximum atomic E-state index is 11.4. The molecular formula is C14H9N3O7S2. The second kappa shape index (κ2) is 6.62. The zero-order chi connectivity index (χ0) is 19.7. The molecule has 12 heteroatoms. The average molecular weight is 395 g/mol. The van der Waals surface area contributed by atoms with Crippen LogP contribution in [0.5, 0.6) is 5.75 Å². The van der Waals surface area contributed by atoms with Crippen molar-refractivity contribution >= 4 is 36.7 Å². The Kier molecular flexibility index (Phi) is 4.88. The molecule has 0 aliphatic carbocycles. The molecule has 0 aliphatic rings. The molecule has 2 aromatic carbocycles. The van der Waals surface area contributed by atoms with Crippen molar-refractivity contribution in [3.8, 4) is 17.9 Å². The molecule has 0 heterocycles. The van der Waals surface area contributed by atoms with E-state index in [9.17, 15) is 26.5 Å². The molecule has 0 saturated heterocycles. The second-order valence-corrected chi connectivity index (χ2v) is 7.73. The Labute approximate surface area is 147 Å². The molecule has 4 N–H and O–H groups in total. The Morgan fingerprint density at radius 2 is 1.46 bits per heavy atom. The van der Waals surface area contributed by atoms with Crippen LogP contribution in [0.2, 0.25) is 0 Å². The van der Waals surface area contributed by atoms with Gasteiger partial charge in [-0.05, 0) is 23.6 Å². The van der Waals surface area contributed by atoms with Crippen LogP contribution in [0.4, 0.5) is 5.69 Å². The lowest BCUT2D eigenvalue weighted by atomic mass is 10.1. The molecule has 0 amide bonds. The highest BCUT2D eigenvalue weighted by atomic mass is 32.2. The van der Waals surface area contributed by atoms with Crippen LogP contribution in [-0.4, -0.2) is 31.0 Å². The molecule has 0 radical (unpaired) electrons. The Balaban J connectivity index is 2.88. The molecule has 0 bridgehead atoms. The minimum atomic E-state index is -4.71. The van der Waals surface area contributed by atoms with Crippen LogP contribution in [0.15, 0.2) is 45.8 Å². The summed E-state index contributed by atoms with van der Waals surface area (Å²) >= 11 is 0. The maximum absolute atomic E-state index is 11.4. The number of phenolic OH excluding ortho intramolecular Hbond substituents is 1. The first-order valence-corrected chi connectivity index (χ1v) is 9.38. The van der Waals surface area contributed by atoms with Crippen molar-refractivity contribution in [3.05, 3.63) is 36.0 Å². The molecule has 0 saturated carbocycles. The molecule has 0 aromatic heterocycles. The third-order valence-corrected chi connectivity index (χ3v) is 4.85. The van der Waals surface area contributed by atoms with Gasteiger partial charge in [0.25, 0.3) is 20.2 Å². The van der Waals surface area contributed by atoms with Gasteiger partial charge in [-0.25, -0.2) is 0 Å². The number of phenols is 1. The third kappa shape index (κ3) is 3.90. The highest BCUT2D eigenvalue weighted by molar-refractivity contribution is 7.86. The van der Waals surface area contributed by atoms with Crippen molar-refractivity contribution in [1.82, 2.24) is 0 Å². The van der Waals surface area contributed by atoms with Gasteiger partial charge in [0.05, 0.1) is 15.5 Å². The lowest BCUT2D eigenvalue weighted by molar-refractivity contribution is 0.471. The monoisotopic (exact) mass is 395 g/mol. The molecule has 0 aliphatic heterocycles. The fourth-order valence-corrected chi connectivity index (χ4v) is 3.17. The van der Waals surface area contributed by atoms with E-state index in [0.29, 0.717) is 0 Å². The van der Waals surface area contributed by atoms with Crippen LogP contribution in [0.3, 0.4) is 0 Å². The minimum Gasteiger partial charge on any atom is -0.507 e. The van der Waals surface area contributed by atoms with Crippen LogP contribution in [0.25, 0.3) is 10.8 Å². The van der Waals surface area contributed by atoms with Gasteiger partial charge in [-0.1, -0.05) is 0 Å². The van der Waals surface area contributed by atoms with Gasteiger partial charge in [0.15, 0.2) is 0 Å². The second-order valence-electron chi connectivity index (χ2n) is 4.89. The van der Waals surface area contributed by atoms with Crippen molar-refractivity contribution in [2.24, 2.45) is 0 Å². The Morgan fingerprint density at radius 1 is 0.962 bits per heavy atom. The van der Waals surface area contributed by atoms with Gasteiger partial charge in [0.2, 0.25) is 0 Å². The van der Waals surface area contributed by atoms with Crippen LogP contribution in [-0.2, 0) is 20.2 Å². The van der Waals surface area contributed by atoms with Gasteiger partial charge < -0.3 is 10.4 Å². The van der Waals surface area contributed by atoms with Gasteiger partial charge in [-0.3, -0.25) is 9.11 Å². The van der Waals surface area contributed by atoms with E-state index in [2.05, 4.69) is 5.32 Å². The highest BCUT2D eigenvalue weighted by Gasteiger charge is 2.19. The maximum Gasteiger partial charge on any atom is 0.294 e. The summed E-state index contributed by atoms with van der Waals surface area (Å²) in [4.78, 5) is -1.35. The predicted molar refractivity (Wildman–Crippen MR) is 88.2 cm³/mol. The summed E-state index contributed by atoms with van der Waals surface area (Å²) in [6, 6.07) is 6.51. The number of allylic oxidation sites excluding steroid dienone is 1. The summed E-state index contributed by atoms with van der Waals surface area (Å²) in [6.45, 7) is 0. The predicted octanol–water partition coefficient (Wildman–Crippen LogP) is 1.38. The molecule has 0 spiro atoms. The zero-order valence-electron chi connectivity index (χ0n) is 12.6. The van der Waals surface area contributed by atoms with E-state index in [0.717, 1.165) is 30.5 Å². The third-order valence-electron chi connectivity index (χ3n) is 3.18. The normalized spacial score (nSPS) is 11.4. The van der Waals surface area contributed by atoms with E-state index < -0.39 is 35.8 Å². The Hall–Kier alpha value is -3.16. The number of hydrogen-bond donors (Lipinski definition) is 4. The van der Waals surface area contributed by atoms with Crippen LogP contribution in [0.1, 0.15) is 0 Å². The largest absolute Gasteiger partial charge is 0.507 e. The zero-order valence-corrected chi connectivity index (χ0v) is 14.2. The molecule has 0 fully saturated rings. The van der Waals surface area contributed by atoms with Crippen LogP contribution >= 0.6 is 0 Å². The van der Waals surface area contributed by atoms with E-state index in [4.69, 9.17) is 15.1 Å². The Morgan fingerprint density at radius 3 is 1.92 bits per heavy atom. The molecule has 0 unspecified atom stereocenters. The van der Waals surface area contributed by atoms with Gasteiger partial charge in [0.1, 0.15) is 23.5 Å². The average Bonchev–Trinajstić information content (AvgIpc) is 2.53. The number of hydrogen-bond acceptors (Lipinski definition) is 8. The Bertz CT molecular complexity index is 1210. The summed E-state index contributed by atoms with van der Waals surface area (Å²) in [5.41, 5.74) is -0.512. The van der Waals surface area contributed by atoms with E-state index in [-0.39, 0.29) is 22.0 Å². The van der Waals surface area contributed by atoms with Gasteiger partial charge in [-0.2, -0.15) is 27.4 Å². The fourth-order valence-electron chi connectivity index (χ4n) is 2.09. The van der Waals surface area contributed by atoms with E-state index >= 15 is 0 Å². The van der Waals surface area contributed by atoms with E-state index in [1.807, 2.05) is 0 Å². The number of anilines is 1. The van der Waals surface area contributed by atoms with Gasteiger partial charge >= 0.3 is 0 Å². The number of fused-ring (bicyclic) bond motifs is 1. The molecular weight excluding hydrogens is 386 g/mol. The summed E-state index contributed by atoms with van der Waals surface area (Å²) in [5, 5.41) is 29.8. The molecule has 134 valence electrons. The summed E-state index contributed by atoms with van der Waals surface area (Å²) in [7, 11) is -9.41. The lowest BCUT2D eigenvalue weighted by Gasteiger charge is -2.12.